The summed E-state index contributed by atoms with van der Waals surface area (Å²) < 4.78 is 5.77. The molecule has 0 aliphatic carbocycles. The number of hydrogen-bond acceptors (Lipinski definition) is 4. The van der Waals surface area contributed by atoms with E-state index in [9.17, 15) is 14.7 Å². The molecule has 3 aromatic rings. The fraction of sp³-hybridized carbons (Fsp3) is 0.267. The molecule has 6 heteroatoms. The predicted molar refractivity (Wildman–Crippen MR) is 144 cm³/mol. The van der Waals surface area contributed by atoms with Crippen molar-refractivity contribution in [2.24, 2.45) is 0 Å². The molecule has 1 heterocycles. The lowest BCUT2D eigenvalue weighted by molar-refractivity contribution is -0.132. The largest absolute Gasteiger partial charge is 0.507 e. The third kappa shape index (κ3) is 5.02. The first-order chi connectivity index (χ1) is 17.1. The van der Waals surface area contributed by atoms with Gasteiger partial charge in [0, 0.05) is 22.3 Å². The van der Waals surface area contributed by atoms with E-state index in [1.165, 1.54) is 4.90 Å². The maximum atomic E-state index is 13.4. The molecule has 4 rings (SSSR count). The highest BCUT2D eigenvalue weighted by Crippen LogP contribution is 2.43. The Bertz CT molecular complexity index is 1300. The van der Waals surface area contributed by atoms with Crippen LogP contribution in [-0.4, -0.2) is 23.4 Å². The first kappa shape index (κ1) is 25.5. The molecule has 0 radical (unpaired) electrons. The van der Waals surface area contributed by atoms with Gasteiger partial charge in [-0.1, -0.05) is 69.6 Å². The highest BCUT2D eigenvalue weighted by Gasteiger charge is 2.47. The summed E-state index contributed by atoms with van der Waals surface area (Å²) in [5.41, 5.74) is 2.74. The minimum atomic E-state index is -0.809. The summed E-state index contributed by atoms with van der Waals surface area (Å²) in [5.74, 6) is -1.08. The zero-order chi connectivity index (χ0) is 26.0. The minimum absolute atomic E-state index is 0.0331. The van der Waals surface area contributed by atoms with Crippen LogP contribution in [0.2, 0.25) is 5.02 Å². The number of anilines is 1. The second-order valence-corrected chi connectivity index (χ2v) is 10.3. The summed E-state index contributed by atoms with van der Waals surface area (Å²) >= 11 is 6.02. The molecule has 1 saturated heterocycles. The van der Waals surface area contributed by atoms with Crippen molar-refractivity contribution in [1.29, 1.82) is 0 Å². The number of aliphatic hydroxyl groups is 1. The quantitative estimate of drug-likeness (QED) is 0.222. The van der Waals surface area contributed by atoms with Crippen LogP contribution in [0.25, 0.3) is 5.76 Å². The van der Waals surface area contributed by atoms with E-state index in [4.69, 9.17) is 16.3 Å². The molecule has 0 saturated carbocycles. The standard InChI is InChI=1S/C30H30ClNO4/c1-5-17-36-24-8-6-7-23(18-24)32-26(19-9-13-21(14-10-19)30(2,3)4)25(28(34)29(32)35)27(33)20-11-15-22(31)16-12-20/h6-16,18,26,33H,5,17H2,1-4H3/b27-25+. The molecule has 1 unspecified atom stereocenters. The van der Waals surface area contributed by atoms with Crippen molar-refractivity contribution in [2.75, 3.05) is 11.5 Å². The van der Waals surface area contributed by atoms with E-state index in [2.05, 4.69) is 20.8 Å². The van der Waals surface area contributed by atoms with Crippen LogP contribution in [0.1, 0.15) is 56.8 Å². The van der Waals surface area contributed by atoms with Crippen molar-refractivity contribution in [3.05, 3.63) is 100 Å². The van der Waals surface area contributed by atoms with Crippen molar-refractivity contribution < 1.29 is 19.4 Å². The van der Waals surface area contributed by atoms with E-state index in [-0.39, 0.29) is 16.7 Å². The number of carbonyl (C=O) groups is 2. The number of benzene rings is 3. The van der Waals surface area contributed by atoms with E-state index in [0.717, 1.165) is 17.5 Å². The monoisotopic (exact) mass is 503 g/mol. The van der Waals surface area contributed by atoms with Gasteiger partial charge in [-0.05, 0) is 59.4 Å². The maximum Gasteiger partial charge on any atom is 0.300 e. The highest BCUT2D eigenvalue weighted by molar-refractivity contribution is 6.51. The van der Waals surface area contributed by atoms with Crippen molar-refractivity contribution in [3.63, 3.8) is 0 Å². The van der Waals surface area contributed by atoms with Crippen LogP contribution in [0.3, 0.4) is 0 Å². The third-order valence-electron chi connectivity index (χ3n) is 6.22. The van der Waals surface area contributed by atoms with Crippen molar-refractivity contribution in [2.45, 2.75) is 45.6 Å². The number of Topliss-reactive ketones (excluding diaryl/α,β-unsaturated/α-hetero) is 1. The van der Waals surface area contributed by atoms with Crippen LogP contribution in [0.4, 0.5) is 5.69 Å². The van der Waals surface area contributed by atoms with Gasteiger partial charge in [-0.2, -0.15) is 0 Å². The van der Waals surface area contributed by atoms with Gasteiger partial charge in [0.05, 0.1) is 18.2 Å². The molecule has 186 valence electrons. The van der Waals surface area contributed by atoms with Crippen LogP contribution in [0, 0.1) is 0 Å². The molecule has 0 spiro atoms. The highest BCUT2D eigenvalue weighted by atomic mass is 35.5. The lowest BCUT2D eigenvalue weighted by atomic mass is 9.85. The molecule has 5 nitrogen and oxygen atoms in total. The fourth-order valence-corrected chi connectivity index (χ4v) is 4.41. The molecule has 0 aromatic heterocycles. The first-order valence-electron chi connectivity index (χ1n) is 12.0. The van der Waals surface area contributed by atoms with Gasteiger partial charge < -0.3 is 9.84 Å². The number of carbonyl (C=O) groups excluding carboxylic acids is 2. The third-order valence-corrected chi connectivity index (χ3v) is 6.48. The zero-order valence-corrected chi connectivity index (χ0v) is 21.7. The van der Waals surface area contributed by atoms with E-state index in [0.29, 0.717) is 28.6 Å². The zero-order valence-electron chi connectivity index (χ0n) is 20.9. The Morgan fingerprint density at radius 2 is 1.67 bits per heavy atom. The number of ether oxygens (including phenoxy) is 1. The van der Waals surface area contributed by atoms with Crippen LogP contribution < -0.4 is 9.64 Å². The number of rotatable bonds is 6. The molecule has 3 aromatic carbocycles. The Kier molecular flexibility index (Phi) is 7.23. The Balaban J connectivity index is 1.89. The Morgan fingerprint density at radius 1 is 1.00 bits per heavy atom. The summed E-state index contributed by atoms with van der Waals surface area (Å²) in [6.07, 6.45) is 0.843. The van der Waals surface area contributed by atoms with E-state index < -0.39 is 17.7 Å². The Hall–Kier alpha value is -3.57. The maximum absolute atomic E-state index is 13.4. The first-order valence-corrected chi connectivity index (χ1v) is 12.4. The summed E-state index contributed by atoms with van der Waals surface area (Å²) in [4.78, 5) is 28.2. The van der Waals surface area contributed by atoms with Gasteiger partial charge in [-0.15, -0.1) is 0 Å². The summed E-state index contributed by atoms with van der Waals surface area (Å²) in [5, 5.41) is 11.8. The molecule has 1 N–H and O–H groups in total. The van der Waals surface area contributed by atoms with Crippen LogP contribution in [-0.2, 0) is 15.0 Å². The van der Waals surface area contributed by atoms with Gasteiger partial charge in [0.2, 0.25) is 0 Å². The van der Waals surface area contributed by atoms with Crippen LogP contribution in [0.15, 0.2) is 78.4 Å². The number of hydrogen-bond donors (Lipinski definition) is 1. The van der Waals surface area contributed by atoms with Gasteiger partial charge >= 0.3 is 0 Å². The molecule has 1 fully saturated rings. The van der Waals surface area contributed by atoms with Gasteiger partial charge in [-0.25, -0.2) is 0 Å². The second kappa shape index (κ2) is 10.2. The normalized spacial score (nSPS) is 17.5. The van der Waals surface area contributed by atoms with Gasteiger partial charge in [0.1, 0.15) is 11.5 Å². The Labute approximate surface area is 217 Å². The average molecular weight is 504 g/mol. The molecule has 1 aliphatic heterocycles. The van der Waals surface area contributed by atoms with Crippen molar-refractivity contribution >= 4 is 34.7 Å². The molecule has 0 bridgehead atoms. The molecule has 1 aliphatic rings. The molecular weight excluding hydrogens is 474 g/mol. The topological polar surface area (TPSA) is 66.8 Å². The SMILES string of the molecule is CCCOc1cccc(N2C(=O)C(=O)/C(=C(/O)c3ccc(Cl)cc3)C2c2ccc(C(C)(C)C)cc2)c1. The molecule has 1 amide bonds. The molecule has 1 atom stereocenters. The number of nitrogens with zero attached hydrogens (tertiary/aromatic N) is 1. The van der Waals surface area contributed by atoms with Crippen LogP contribution in [0.5, 0.6) is 5.75 Å². The Morgan fingerprint density at radius 3 is 2.28 bits per heavy atom. The number of halogens is 1. The molecular formula is C30H30ClNO4. The van der Waals surface area contributed by atoms with E-state index in [1.807, 2.05) is 37.3 Å². The average Bonchev–Trinajstić information content (AvgIpc) is 3.13. The van der Waals surface area contributed by atoms with Gasteiger partial charge in [0.15, 0.2) is 0 Å². The minimum Gasteiger partial charge on any atom is -0.507 e. The second-order valence-electron chi connectivity index (χ2n) is 9.89. The smallest absolute Gasteiger partial charge is 0.300 e. The van der Waals surface area contributed by atoms with E-state index in [1.54, 1.807) is 42.5 Å². The number of amides is 1. The van der Waals surface area contributed by atoms with Crippen molar-refractivity contribution in [1.82, 2.24) is 0 Å². The molecule has 36 heavy (non-hydrogen) atoms. The van der Waals surface area contributed by atoms with Gasteiger partial charge in [0.25, 0.3) is 11.7 Å². The predicted octanol–water partition coefficient (Wildman–Crippen LogP) is 7.05. The van der Waals surface area contributed by atoms with Gasteiger partial charge in [-0.3, -0.25) is 14.5 Å². The number of aliphatic hydroxyl groups excluding tert-OH is 1. The van der Waals surface area contributed by atoms with E-state index >= 15 is 0 Å². The summed E-state index contributed by atoms with van der Waals surface area (Å²) in [6.45, 7) is 8.92. The summed E-state index contributed by atoms with van der Waals surface area (Å²) in [6, 6.07) is 20.7. The lowest BCUT2D eigenvalue weighted by Gasteiger charge is -2.27. The number of ketones is 1. The summed E-state index contributed by atoms with van der Waals surface area (Å²) in [7, 11) is 0. The van der Waals surface area contributed by atoms with Crippen LogP contribution >= 0.6 is 11.6 Å². The lowest BCUT2D eigenvalue weighted by Crippen LogP contribution is -2.29. The van der Waals surface area contributed by atoms with Crippen molar-refractivity contribution in [3.8, 4) is 5.75 Å². The fourth-order valence-electron chi connectivity index (χ4n) is 4.29.